The van der Waals surface area contributed by atoms with Gasteiger partial charge in [0.25, 0.3) is 0 Å². The first kappa shape index (κ1) is 9.97. The molecule has 1 heteroatoms. The van der Waals surface area contributed by atoms with E-state index in [1.807, 2.05) is 24.4 Å². The molecule has 0 aliphatic carbocycles. The molecule has 1 aromatic rings. The van der Waals surface area contributed by atoms with Gasteiger partial charge in [-0.1, -0.05) is 50.6 Å². The zero-order valence-electron chi connectivity index (χ0n) is 8.40. The van der Waals surface area contributed by atoms with E-state index in [0.717, 1.165) is 6.54 Å². The van der Waals surface area contributed by atoms with Crippen molar-refractivity contribution in [2.75, 3.05) is 6.54 Å². The molecule has 1 nitrogen and oxygen atoms in total. The highest BCUT2D eigenvalue weighted by Gasteiger charge is 1.93. The topological polar surface area (TPSA) is 12.4 Å². The highest BCUT2D eigenvalue weighted by Crippen LogP contribution is 2.00. The van der Waals surface area contributed by atoms with E-state index in [9.17, 15) is 0 Å². The fourth-order valence-corrected chi connectivity index (χ4v) is 1.01. The van der Waals surface area contributed by atoms with Gasteiger partial charge in [-0.3, -0.25) is 4.99 Å². The molecule has 0 fully saturated rings. The van der Waals surface area contributed by atoms with Crippen LogP contribution in [0.5, 0.6) is 0 Å². The largest absolute Gasteiger partial charge is 0.292 e. The molecule has 0 unspecified atom stereocenters. The van der Waals surface area contributed by atoms with E-state index in [1.165, 1.54) is 12.0 Å². The van der Waals surface area contributed by atoms with Gasteiger partial charge in [-0.25, -0.2) is 0 Å². The molecule has 0 aromatic heterocycles. The predicted octanol–water partition coefficient (Wildman–Crippen LogP) is 3.15. The molecule has 13 heavy (non-hydrogen) atoms. The summed E-state index contributed by atoms with van der Waals surface area (Å²) < 4.78 is 0. The first-order valence-corrected chi connectivity index (χ1v) is 4.87. The van der Waals surface area contributed by atoms with Gasteiger partial charge in [-0.2, -0.15) is 0 Å². The number of hydrogen-bond acceptors (Lipinski definition) is 1. The van der Waals surface area contributed by atoms with Gasteiger partial charge in [0.2, 0.25) is 0 Å². The van der Waals surface area contributed by atoms with E-state index in [1.54, 1.807) is 0 Å². The third kappa shape index (κ3) is 3.88. The molecule has 0 radical (unpaired) electrons. The lowest BCUT2D eigenvalue weighted by Gasteiger charge is -2.01. The molecule has 1 aromatic carbocycles. The number of rotatable bonds is 4. The van der Waals surface area contributed by atoms with Crippen molar-refractivity contribution < 1.29 is 0 Å². The summed E-state index contributed by atoms with van der Waals surface area (Å²) in [6.07, 6.45) is 3.15. The number of aliphatic imine (C=N–C) groups is 1. The minimum Gasteiger partial charge on any atom is -0.292 e. The summed E-state index contributed by atoms with van der Waals surface area (Å²) in [4.78, 5) is 4.39. The lowest BCUT2D eigenvalue weighted by atomic mass is 10.1. The SMILES string of the molecule is CC[C@@H](C)CN=Cc1ccccc1. The Kier molecular flexibility index (Phi) is 4.24. The first-order chi connectivity index (χ1) is 6.33. The molecular weight excluding hydrogens is 158 g/mol. The van der Waals surface area contributed by atoms with Crippen molar-refractivity contribution in [1.82, 2.24) is 0 Å². The molecule has 0 spiro atoms. The molecule has 0 aliphatic rings. The molecule has 0 saturated heterocycles. The van der Waals surface area contributed by atoms with E-state index in [4.69, 9.17) is 0 Å². The monoisotopic (exact) mass is 175 g/mol. The second-order valence-electron chi connectivity index (χ2n) is 3.42. The van der Waals surface area contributed by atoms with Crippen LogP contribution in [0.4, 0.5) is 0 Å². The maximum Gasteiger partial charge on any atom is 0.0415 e. The summed E-state index contributed by atoms with van der Waals surface area (Å²) in [5.41, 5.74) is 1.19. The van der Waals surface area contributed by atoms with Gasteiger partial charge in [-0.05, 0) is 11.5 Å². The average Bonchev–Trinajstić information content (AvgIpc) is 2.19. The minimum atomic E-state index is 0.694. The quantitative estimate of drug-likeness (QED) is 0.623. The summed E-state index contributed by atoms with van der Waals surface area (Å²) in [7, 11) is 0. The zero-order chi connectivity index (χ0) is 9.52. The lowest BCUT2D eigenvalue weighted by molar-refractivity contribution is 0.578. The standard InChI is InChI=1S/C12H17N/c1-3-11(2)9-13-10-12-7-5-4-6-8-12/h4-8,10-11H,3,9H2,1-2H3/t11-/m1/s1. The third-order valence-electron chi connectivity index (χ3n) is 2.15. The summed E-state index contributed by atoms with van der Waals surface area (Å²) in [6.45, 7) is 5.36. The van der Waals surface area contributed by atoms with Crippen molar-refractivity contribution in [3.63, 3.8) is 0 Å². The van der Waals surface area contributed by atoms with Crippen LogP contribution in [0.2, 0.25) is 0 Å². The highest BCUT2D eigenvalue weighted by molar-refractivity contribution is 5.79. The summed E-state index contributed by atoms with van der Waals surface area (Å²) in [5.74, 6) is 0.694. The van der Waals surface area contributed by atoms with Crippen molar-refractivity contribution in [2.24, 2.45) is 10.9 Å². The third-order valence-corrected chi connectivity index (χ3v) is 2.15. The van der Waals surface area contributed by atoms with Crippen molar-refractivity contribution in [3.8, 4) is 0 Å². The Balaban J connectivity index is 2.41. The number of hydrogen-bond donors (Lipinski definition) is 0. The van der Waals surface area contributed by atoms with Gasteiger partial charge < -0.3 is 0 Å². The van der Waals surface area contributed by atoms with Crippen molar-refractivity contribution in [1.29, 1.82) is 0 Å². The molecule has 0 N–H and O–H groups in total. The Hall–Kier alpha value is -1.11. The van der Waals surface area contributed by atoms with Crippen LogP contribution in [0.3, 0.4) is 0 Å². The Labute approximate surface area is 80.5 Å². The summed E-state index contributed by atoms with van der Waals surface area (Å²) in [5, 5.41) is 0. The Morgan fingerprint density at radius 2 is 2.00 bits per heavy atom. The van der Waals surface area contributed by atoms with E-state index in [2.05, 4.69) is 31.0 Å². The summed E-state index contributed by atoms with van der Waals surface area (Å²) >= 11 is 0. The fourth-order valence-electron chi connectivity index (χ4n) is 1.01. The van der Waals surface area contributed by atoms with E-state index >= 15 is 0 Å². The van der Waals surface area contributed by atoms with Crippen LogP contribution in [0.1, 0.15) is 25.8 Å². The predicted molar refractivity (Wildman–Crippen MR) is 58.4 cm³/mol. The maximum atomic E-state index is 4.39. The molecule has 0 saturated carbocycles. The van der Waals surface area contributed by atoms with Gasteiger partial charge in [0.05, 0.1) is 0 Å². The van der Waals surface area contributed by atoms with Crippen LogP contribution in [0, 0.1) is 5.92 Å². The molecule has 0 amide bonds. The van der Waals surface area contributed by atoms with E-state index in [-0.39, 0.29) is 0 Å². The molecule has 0 aliphatic heterocycles. The van der Waals surface area contributed by atoms with Crippen LogP contribution in [-0.4, -0.2) is 12.8 Å². The molecule has 0 heterocycles. The molecule has 0 bridgehead atoms. The Morgan fingerprint density at radius 3 is 2.62 bits per heavy atom. The highest BCUT2D eigenvalue weighted by atomic mass is 14.7. The Bertz CT molecular complexity index is 251. The molecule has 70 valence electrons. The zero-order valence-corrected chi connectivity index (χ0v) is 8.40. The fraction of sp³-hybridized carbons (Fsp3) is 0.417. The van der Waals surface area contributed by atoms with Crippen LogP contribution >= 0.6 is 0 Å². The van der Waals surface area contributed by atoms with Crippen LogP contribution < -0.4 is 0 Å². The maximum absolute atomic E-state index is 4.39. The second kappa shape index (κ2) is 5.52. The second-order valence-corrected chi connectivity index (χ2v) is 3.42. The van der Waals surface area contributed by atoms with Gasteiger partial charge >= 0.3 is 0 Å². The van der Waals surface area contributed by atoms with Gasteiger partial charge in [0.1, 0.15) is 0 Å². The number of benzene rings is 1. The molecule has 1 rings (SSSR count). The number of nitrogens with zero attached hydrogens (tertiary/aromatic N) is 1. The van der Waals surface area contributed by atoms with Crippen LogP contribution in [0.15, 0.2) is 35.3 Å². The van der Waals surface area contributed by atoms with Gasteiger partial charge in [0, 0.05) is 12.8 Å². The molecule has 1 atom stereocenters. The summed E-state index contributed by atoms with van der Waals surface area (Å²) in [6, 6.07) is 10.2. The van der Waals surface area contributed by atoms with E-state index in [0.29, 0.717) is 5.92 Å². The van der Waals surface area contributed by atoms with Crippen LogP contribution in [-0.2, 0) is 0 Å². The minimum absolute atomic E-state index is 0.694. The molecular formula is C12H17N. The van der Waals surface area contributed by atoms with Crippen molar-refractivity contribution >= 4 is 6.21 Å². The van der Waals surface area contributed by atoms with Crippen LogP contribution in [0.25, 0.3) is 0 Å². The van der Waals surface area contributed by atoms with Crippen molar-refractivity contribution in [3.05, 3.63) is 35.9 Å². The smallest absolute Gasteiger partial charge is 0.0415 e. The lowest BCUT2D eigenvalue weighted by Crippen LogP contribution is -1.96. The van der Waals surface area contributed by atoms with Gasteiger partial charge in [-0.15, -0.1) is 0 Å². The Morgan fingerprint density at radius 1 is 1.31 bits per heavy atom. The van der Waals surface area contributed by atoms with E-state index < -0.39 is 0 Å². The van der Waals surface area contributed by atoms with Gasteiger partial charge in [0.15, 0.2) is 0 Å². The van der Waals surface area contributed by atoms with Crippen molar-refractivity contribution in [2.45, 2.75) is 20.3 Å². The average molecular weight is 175 g/mol. The normalized spacial score (nSPS) is 13.4. The first-order valence-electron chi connectivity index (χ1n) is 4.87.